The summed E-state index contributed by atoms with van der Waals surface area (Å²) < 4.78 is 5.24. The Morgan fingerprint density at radius 2 is 2.44 bits per heavy atom. The molecule has 1 fully saturated rings. The quantitative estimate of drug-likeness (QED) is 0.775. The van der Waals surface area contributed by atoms with Crippen LogP contribution in [0.25, 0.3) is 0 Å². The molecule has 1 atom stereocenters. The lowest BCUT2D eigenvalue weighted by molar-refractivity contribution is 0.0868. The third-order valence-corrected chi connectivity index (χ3v) is 3.12. The Bertz CT molecular complexity index is 300. The second-order valence-electron chi connectivity index (χ2n) is 4.52. The van der Waals surface area contributed by atoms with Crippen LogP contribution < -0.4 is 0 Å². The van der Waals surface area contributed by atoms with Crippen molar-refractivity contribution >= 4 is 0 Å². The molecule has 2 heterocycles. The molecule has 0 bridgehead atoms. The fraction of sp³-hybridized carbons (Fsp3) is 0.615. The lowest BCUT2D eigenvalue weighted by Gasteiger charge is -2.32. The highest BCUT2D eigenvalue weighted by Crippen LogP contribution is 2.17. The molecule has 88 valence electrons. The van der Waals surface area contributed by atoms with Crippen LogP contribution in [0.4, 0.5) is 0 Å². The Morgan fingerprint density at radius 1 is 1.50 bits per heavy atom. The summed E-state index contributed by atoms with van der Waals surface area (Å²) >= 11 is 0. The van der Waals surface area contributed by atoms with Crippen LogP contribution in [0.3, 0.4) is 0 Å². The van der Waals surface area contributed by atoms with Crippen LogP contribution in [0.2, 0.25) is 0 Å². The monoisotopic (exact) mass is 220 g/mol. The van der Waals surface area contributed by atoms with E-state index in [4.69, 9.17) is 4.74 Å². The van der Waals surface area contributed by atoms with Crippen molar-refractivity contribution in [1.29, 1.82) is 0 Å². The van der Waals surface area contributed by atoms with Gasteiger partial charge in [0.2, 0.25) is 0 Å². The van der Waals surface area contributed by atoms with Gasteiger partial charge in [-0.2, -0.15) is 0 Å². The van der Waals surface area contributed by atoms with E-state index < -0.39 is 0 Å². The lowest BCUT2D eigenvalue weighted by Crippen LogP contribution is -2.36. The summed E-state index contributed by atoms with van der Waals surface area (Å²) in [6.45, 7) is 4.20. The summed E-state index contributed by atoms with van der Waals surface area (Å²) in [5, 5.41) is 0. The molecule has 0 unspecified atom stereocenters. The van der Waals surface area contributed by atoms with Gasteiger partial charge in [-0.15, -0.1) is 0 Å². The molecule has 0 N–H and O–H groups in total. The molecule has 0 radical (unpaired) electrons. The van der Waals surface area contributed by atoms with E-state index in [2.05, 4.69) is 22.0 Å². The van der Waals surface area contributed by atoms with E-state index in [1.165, 1.54) is 25.1 Å². The van der Waals surface area contributed by atoms with E-state index in [1.807, 2.05) is 12.3 Å². The van der Waals surface area contributed by atoms with E-state index in [0.29, 0.717) is 5.92 Å². The zero-order valence-corrected chi connectivity index (χ0v) is 9.93. The minimum absolute atomic E-state index is 0.697. The number of ether oxygens (including phenoxy) is 1. The molecule has 1 aliphatic rings. The summed E-state index contributed by atoms with van der Waals surface area (Å²) in [5.74, 6) is 0.697. The minimum Gasteiger partial charge on any atom is -0.384 e. The molecule has 16 heavy (non-hydrogen) atoms. The first-order valence-corrected chi connectivity index (χ1v) is 5.99. The maximum atomic E-state index is 5.24. The summed E-state index contributed by atoms with van der Waals surface area (Å²) in [5.41, 5.74) is 1.17. The predicted molar refractivity (Wildman–Crippen MR) is 64.1 cm³/mol. The second kappa shape index (κ2) is 5.97. The molecule has 1 aromatic rings. The van der Waals surface area contributed by atoms with Crippen molar-refractivity contribution < 1.29 is 4.74 Å². The Kier molecular flexibility index (Phi) is 4.31. The van der Waals surface area contributed by atoms with Gasteiger partial charge in [-0.3, -0.25) is 9.88 Å². The third kappa shape index (κ3) is 3.29. The van der Waals surface area contributed by atoms with E-state index in [-0.39, 0.29) is 0 Å². The van der Waals surface area contributed by atoms with Crippen LogP contribution in [0.5, 0.6) is 0 Å². The highest BCUT2D eigenvalue weighted by atomic mass is 16.5. The minimum atomic E-state index is 0.697. The Hall–Kier alpha value is -0.930. The lowest BCUT2D eigenvalue weighted by atomic mass is 9.99. The van der Waals surface area contributed by atoms with Crippen LogP contribution in [-0.2, 0) is 11.3 Å². The number of piperidine rings is 1. The molecule has 0 amide bonds. The molecular weight excluding hydrogens is 200 g/mol. The second-order valence-corrected chi connectivity index (χ2v) is 4.52. The van der Waals surface area contributed by atoms with Crippen molar-refractivity contribution in [1.82, 2.24) is 9.88 Å². The molecule has 1 aliphatic heterocycles. The van der Waals surface area contributed by atoms with E-state index in [1.54, 1.807) is 7.11 Å². The first kappa shape index (κ1) is 11.6. The van der Waals surface area contributed by atoms with Crippen molar-refractivity contribution in [2.75, 3.05) is 26.8 Å². The SMILES string of the molecule is COC[C@@H]1CCCN(Cc2ccccn2)C1. The highest BCUT2D eigenvalue weighted by molar-refractivity contribution is 5.03. The topological polar surface area (TPSA) is 25.4 Å². The predicted octanol–water partition coefficient (Wildman–Crippen LogP) is 1.94. The molecular formula is C13H20N2O. The smallest absolute Gasteiger partial charge is 0.0543 e. The number of pyridine rings is 1. The first-order valence-electron chi connectivity index (χ1n) is 5.99. The molecule has 1 saturated heterocycles. The number of hydrogen-bond acceptors (Lipinski definition) is 3. The Balaban J connectivity index is 1.85. The molecule has 3 heteroatoms. The number of methoxy groups -OCH3 is 1. The summed E-state index contributed by atoms with van der Waals surface area (Å²) in [4.78, 5) is 6.85. The maximum Gasteiger partial charge on any atom is 0.0543 e. The van der Waals surface area contributed by atoms with Gasteiger partial charge in [0.1, 0.15) is 0 Å². The van der Waals surface area contributed by atoms with Gasteiger partial charge in [-0.1, -0.05) is 6.07 Å². The summed E-state index contributed by atoms with van der Waals surface area (Å²) in [6, 6.07) is 6.12. The van der Waals surface area contributed by atoms with Crippen molar-refractivity contribution in [3.05, 3.63) is 30.1 Å². The van der Waals surface area contributed by atoms with Crippen molar-refractivity contribution in [2.45, 2.75) is 19.4 Å². The molecule has 2 rings (SSSR count). The van der Waals surface area contributed by atoms with Crippen molar-refractivity contribution in [3.8, 4) is 0 Å². The highest BCUT2D eigenvalue weighted by Gasteiger charge is 2.19. The molecule has 0 saturated carbocycles. The molecule has 0 aliphatic carbocycles. The molecule has 0 aromatic carbocycles. The number of aromatic nitrogens is 1. The normalized spacial score (nSPS) is 22.2. The van der Waals surface area contributed by atoms with Crippen LogP contribution >= 0.6 is 0 Å². The average Bonchev–Trinajstić information content (AvgIpc) is 2.31. The standard InChI is InChI=1S/C13H20N2O/c1-16-11-12-5-4-8-15(9-12)10-13-6-2-3-7-14-13/h2-3,6-7,12H,4-5,8-11H2,1H3/t12-/m1/s1. The van der Waals surface area contributed by atoms with E-state index in [0.717, 1.165) is 19.7 Å². The largest absolute Gasteiger partial charge is 0.384 e. The van der Waals surface area contributed by atoms with Crippen LogP contribution in [0, 0.1) is 5.92 Å². The van der Waals surface area contributed by atoms with Gasteiger partial charge in [0.25, 0.3) is 0 Å². The Morgan fingerprint density at radius 3 is 3.19 bits per heavy atom. The average molecular weight is 220 g/mol. The zero-order chi connectivity index (χ0) is 11.2. The molecule has 1 aromatic heterocycles. The zero-order valence-electron chi connectivity index (χ0n) is 9.93. The number of rotatable bonds is 4. The van der Waals surface area contributed by atoms with Crippen molar-refractivity contribution in [3.63, 3.8) is 0 Å². The van der Waals surface area contributed by atoms with Gasteiger partial charge < -0.3 is 4.74 Å². The fourth-order valence-electron chi connectivity index (χ4n) is 2.39. The van der Waals surface area contributed by atoms with Crippen molar-refractivity contribution in [2.24, 2.45) is 5.92 Å². The molecule has 0 spiro atoms. The van der Waals surface area contributed by atoms with E-state index in [9.17, 15) is 0 Å². The van der Waals surface area contributed by atoms with Gasteiger partial charge in [0, 0.05) is 26.4 Å². The number of nitrogens with zero attached hydrogens (tertiary/aromatic N) is 2. The first-order chi connectivity index (χ1) is 7.88. The van der Waals surface area contributed by atoms with Gasteiger partial charge in [-0.25, -0.2) is 0 Å². The van der Waals surface area contributed by atoms with Crippen LogP contribution in [0.1, 0.15) is 18.5 Å². The summed E-state index contributed by atoms with van der Waals surface area (Å²) in [6.07, 6.45) is 4.44. The number of likely N-dealkylation sites (tertiary alicyclic amines) is 1. The van der Waals surface area contributed by atoms with Gasteiger partial charge in [0.05, 0.1) is 12.3 Å². The van der Waals surface area contributed by atoms with Crippen LogP contribution in [-0.4, -0.2) is 36.7 Å². The van der Waals surface area contributed by atoms with Gasteiger partial charge in [-0.05, 0) is 37.4 Å². The third-order valence-electron chi connectivity index (χ3n) is 3.12. The fourth-order valence-corrected chi connectivity index (χ4v) is 2.39. The van der Waals surface area contributed by atoms with Crippen LogP contribution in [0.15, 0.2) is 24.4 Å². The summed E-state index contributed by atoms with van der Waals surface area (Å²) in [7, 11) is 1.79. The van der Waals surface area contributed by atoms with Gasteiger partial charge >= 0.3 is 0 Å². The number of hydrogen-bond donors (Lipinski definition) is 0. The maximum absolute atomic E-state index is 5.24. The van der Waals surface area contributed by atoms with E-state index >= 15 is 0 Å². The van der Waals surface area contributed by atoms with Gasteiger partial charge in [0.15, 0.2) is 0 Å². The molecule has 3 nitrogen and oxygen atoms in total. The Labute approximate surface area is 97.4 Å².